The van der Waals surface area contributed by atoms with Crippen LogP contribution in [-0.4, -0.2) is 33.4 Å². The Morgan fingerprint density at radius 3 is 2.54 bits per heavy atom. The van der Waals surface area contributed by atoms with Gasteiger partial charge < -0.3 is 10.4 Å². The summed E-state index contributed by atoms with van der Waals surface area (Å²) >= 11 is 6.18. The Bertz CT molecular complexity index is 735. The van der Waals surface area contributed by atoms with Crippen LogP contribution in [0, 0.1) is 19.8 Å². The summed E-state index contributed by atoms with van der Waals surface area (Å²) in [5.74, 6) is 0.413. The third-order valence-electron chi connectivity index (χ3n) is 4.52. The molecule has 1 amide bonds. The van der Waals surface area contributed by atoms with Gasteiger partial charge in [-0.15, -0.1) is 0 Å². The Labute approximate surface area is 146 Å². The summed E-state index contributed by atoms with van der Waals surface area (Å²) in [7, 11) is 0. The van der Waals surface area contributed by atoms with Gasteiger partial charge in [-0.25, -0.2) is 4.68 Å². The molecule has 6 heteroatoms. The van der Waals surface area contributed by atoms with Crippen LogP contribution in [0.4, 0.5) is 0 Å². The molecule has 0 saturated heterocycles. The number of aromatic nitrogens is 2. The quantitative estimate of drug-likeness (QED) is 0.844. The molecule has 1 aromatic carbocycles. The highest BCUT2D eigenvalue weighted by Crippen LogP contribution is 2.34. The highest BCUT2D eigenvalue weighted by molar-refractivity contribution is 6.31. The minimum atomic E-state index is -0.0988. The Hall–Kier alpha value is -1.85. The zero-order chi connectivity index (χ0) is 17.3. The zero-order valence-corrected chi connectivity index (χ0v) is 14.7. The van der Waals surface area contributed by atoms with Crippen LogP contribution in [-0.2, 0) is 0 Å². The van der Waals surface area contributed by atoms with Crippen LogP contribution in [0.3, 0.4) is 0 Å². The van der Waals surface area contributed by atoms with Crippen molar-refractivity contribution in [3.63, 3.8) is 0 Å². The zero-order valence-electron chi connectivity index (χ0n) is 13.9. The molecule has 1 aliphatic rings. The molecule has 128 valence electrons. The maximum absolute atomic E-state index is 12.4. The van der Waals surface area contributed by atoms with E-state index in [-0.39, 0.29) is 18.6 Å². The Balaban J connectivity index is 1.73. The number of halogens is 1. The van der Waals surface area contributed by atoms with Gasteiger partial charge in [-0.1, -0.05) is 11.6 Å². The fraction of sp³-hybridized carbons (Fsp3) is 0.444. The minimum absolute atomic E-state index is 0.0667. The summed E-state index contributed by atoms with van der Waals surface area (Å²) in [5.41, 5.74) is 3.14. The molecule has 5 nitrogen and oxygen atoms in total. The molecule has 1 fully saturated rings. The Morgan fingerprint density at radius 2 is 2.04 bits per heavy atom. The fourth-order valence-electron chi connectivity index (χ4n) is 2.94. The predicted molar refractivity (Wildman–Crippen MR) is 93.7 cm³/mol. The summed E-state index contributed by atoms with van der Waals surface area (Å²) in [6.45, 7) is 3.88. The van der Waals surface area contributed by atoms with Gasteiger partial charge in [0.1, 0.15) is 0 Å². The normalized spacial score (nSPS) is 15.3. The van der Waals surface area contributed by atoms with Crippen molar-refractivity contribution in [2.75, 3.05) is 6.61 Å². The van der Waals surface area contributed by atoms with Gasteiger partial charge in [0.05, 0.1) is 22.1 Å². The van der Waals surface area contributed by atoms with E-state index in [1.54, 1.807) is 16.8 Å². The van der Waals surface area contributed by atoms with Crippen molar-refractivity contribution < 1.29 is 9.90 Å². The molecule has 0 spiro atoms. The minimum Gasteiger partial charge on any atom is -0.396 e. The number of benzene rings is 1. The number of aliphatic hydroxyl groups is 1. The predicted octanol–water partition coefficient (Wildman–Crippen LogP) is 3.03. The van der Waals surface area contributed by atoms with Crippen molar-refractivity contribution in [2.24, 2.45) is 5.92 Å². The van der Waals surface area contributed by atoms with Gasteiger partial charge in [0.15, 0.2) is 0 Å². The number of hydrogen-bond donors (Lipinski definition) is 2. The molecule has 0 radical (unpaired) electrons. The van der Waals surface area contributed by atoms with Gasteiger partial charge >= 0.3 is 0 Å². The number of amides is 1. The first-order chi connectivity index (χ1) is 11.5. The largest absolute Gasteiger partial charge is 0.396 e. The molecule has 2 N–H and O–H groups in total. The van der Waals surface area contributed by atoms with Gasteiger partial charge in [0.2, 0.25) is 0 Å². The Kier molecular flexibility index (Phi) is 4.92. The van der Waals surface area contributed by atoms with Crippen molar-refractivity contribution in [3.05, 3.63) is 46.2 Å². The number of carbonyl (C=O) groups excluding carboxylic acids is 1. The van der Waals surface area contributed by atoms with E-state index in [1.807, 2.05) is 26.0 Å². The van der Waals surface area contributed by atoms with Crippen molar-refractivity contribution in [1.29, 1.82) is 0 Å². The van der Waals surface area contributed by atoms with E-state index in [9.17, 15) is 4.79 Å². The molecule has 3 rings (SSSR count). The number of aliphatic hydroxyl groups excluding tert-OH is 1. The Morgan fingerprint density at radius 1 is 1.38 bits per heavy atom. The second-order valence-electron chi connectivity index (χ2n) is 6.37. The second-order valence-corrected chi connectivity index (χ2v) is 6.75. The first kappa shape index (κ1) is 17.0. The first-order valence-electron chi connectivity index (χ1n) is 8.25. The van der Waals surface area contributed by atoms with Crippen LogP contribution in [0.2, 0.25) is 5.02 Å². The molecule has 0 aliphatic heterocycles. The number of aryl methyl sites for hydroxylation is 1. The van der Waals surface area contributed by atoms with Gasteiger partial charge in [-0.2, -0.15) is 5.10 Å². The molecule has 24 heavy (non-hydrogen) atoms. The van der Waals surface area contributed by atoms with Crippen molar-refractivity contribution in [2.45, 2.75) is 39.2 Å². The molecule has 1 aliphatic carbocycles. The van der Waals surface area contributed by atoms with Gasteiger partial charge in [0.25, 0.3) is 5.91 Å². The number of nitrogens with one attached hydrogen (secondary N) is 1. The average Bonchev–Trinajstić information content (AvgIpc) is 3.39. The van der Waals surface area contributed by atoms with Crippen molar-refractivity contribution >= 4 is 17.5 Å². The summed E-state index contributed by atoms with van der Waals surface area (Å²) in [4.78, 5) is 12.4. The van der Waals surface area contributed by atoms with Crippen LogP contribution < -0.4 is 5.32 Å². The van der Waals surface area contributed by atoms with E-state index in [1.165, 1.54) is 0 Å². The van der Waals surface area contributed by atoms with Gasteiger partial charge in [0, 0.05) is 18.2 Å². The van der Waals surface area contributed by atoms with E-state index >= 15 is 0 Å². The lowest BCUT2D eigenvalue weighted by atomic mass is 10.1. The standard InChI is InChI=1S/C18H22ClN3O2/c1-11-17(19)12(2)22(21-11)15-7-5-14(6-8-15)18(24)20-16(9-10-23)13-3-4-13/h5-8,13,16,23H,3-4,9-10H2,1-2H3,(H,20,24). The van der Waals surface area contributed by atoms with Crippen molar-refractivity contribution in [3.8, 4) is 5.69 Å². The summed E-state index contributed by atoms with van der Waals surface area (Å²) in [6, 6.07) is 7.37. The summed E-state index contributed by atoms with van der Waals surface area (Å²) in [5, 5.41) is 17.3. The lowest BCUT2D eigenvalue weighted by Gasteiger charge is -2.17. The maximum Gasteiger partial charge on any atom is 0.251 e. The molecular weight excluding hydrogens is 326 g/mol. The second kappa shape index (κ2) is 6.95. The van der Waals surface area contributed by atoms with E-state index in [0.29, 0.717) is 22.9 Å². The highest BCUT2D eigenvalue weighted by Gasteiger charge is 2.31. The van der Waals surface area contributed by atoms with Crippen LogP contribution in [0.1, 0.15) is 41.0 Å². The van der Waals surface area contributed by atoms with Crippen LogP contribution in [0.15, 0.2) is 24.3 Å². The highest BCUT2D eigenvalue weighted by atomic mass is 35.5. The van der Waals surface area contributed by atoms with Gasteiger partial charge in [-0.05, 0) is 63.3 Å². The molecular formula is C18H22ClN3O2. The van der Waals surface area contributed by atoms with Crippen LogP contribution in [0.25, 0.3) is 5.69 Å². The SMILES string of the molecule is Cc1nn(-c2ccc(C(=O)NC(CCO)C3CC3)cc2)c(C)c1Cl. The maximum atomic E-state index is 12.4. The third kappa shape index (κ3) is 3.47. The van der Waals surface area contributed by atoms with E-state index in [4.69, 9.17) is 16.7 Å². The number of hydrogen-bond acceptors (Lipinski definition) is 3. The van der Waals surface area contributed by atoms with Crippen LogP contribution >= 0.6 is 11.6 Å². The third-order valence-corrected chi connectivity index (χ3v) is 5.07. The lowest BCUT2D eigenvalue weighted by Crippen LogP contribution is -2.37. The lowest BCUT2D eigenvalue weighted by molar-refractivity contribution is 0.0924. The summed E-state index contributed by atoms with van der Waals surface area (Å²) < 4.78 is 1.78. The number of carbonyl (C=O) groups is 1. The van der Waals surface area contributed by atoms with Gasteiger partial charge in [-0.3, -0.25) is 4.79 Å². The van der Waals surface area contributed by atoms with Crippen LogP contribution in [0.5, 0.6) is 0 Å². The molecule has 1 heterocycles. The molecule has 1 aromatic heterocycles. The number of rotatable bonds is 6. The summed E-state index contributed by atoms with van der Waals surface area (Å²) in [6.07, 6.45) is 2.86. The van der Waals surface area contributed by atoms with E-state index in [2.05, 4.69) is 10.4 Å². The molecule has 1 atom stereocenters. The molecule has 0 bridgehead atoms. The smallest absolute Gasteiger partial charge is 0.251 e. The van der Waals surface area contributed by atoms with E-state index in [0.717, 1.165) is 29.9 Å². The molecule has 1 saturated carbocycles. The number of nitrogens with zero attached hydrogens (tertiary/aromatic N) is 2. The molecule has 2 aromatic rings. The fourth-order valence-corrected chi connectivity index (χ4v) is 3.06. The van der Waals surface area contributed by atoms with E-state index < -0.39 is 0 Å². The molecule has 1 unspecified atom stereocenters. The van der Waals surface area contributed by atoms with Crippen molar-refractivity contribution in [1.82, 2.24) is 15.1 Å². The monoisotopic (exact) mass is 347 g/mol. The first-order valence-corrected chi connectivity index (χ1v) is 8.63. The topological polar surface area (TPSA) is 67.2 Å². The average molecular weight is 348 g/mol.